The van der Waals surface area contributed by atoms with Crippen LogP contribution in [0.2, 0.25) is 0 Å². The summed E-state index contributed by atoms with van der Waals surface area (Å²) in [5.74, 6) is -0.151. The van der Waals surface area contributed by atoms with Gasteiger partial charge in [-0.05, 0) is 31.0 Å². The first kappa shape index (κ1) is 16.3. The maximum absolute atomic E-state index is 12.7. The summed E-state index contributed by atoms with van der Waals surface area (Å²) in [5.41, 5.74) is 6.04. The minimum atomic E-state index is -3.64. The Bertz CT molecular complexity index is 648. The first-order chi connectivity index (χ1) is 9.80. The maximum atomic E-state index is 12.7. The molecule has 0 aliphatic carbocycles. The lowest BCUT2D eigenvalue weighted by Gasteiger charge is -2.32. The number of carbonyl (C=O) groups is 1. The Balaban J connectivity index is 2.24. The number of nitrogens with one attached hydrogen (secondary N) is 1. The van der Waals surface area contributed by atoms with Gasteiger partial charge in [0.15, 0.2) is 0 Å². The van der Waals surface area contributed by atoms with Crippen LogP contribution in [-0.4, -0.2) is 37.8 Å². The lowest BCUT2D eigenvalue weighted by atomic mass is 10.1. The molecular weight excluding hydrogens is 358 g/mol. The number of hydrogen-bond donors (Lipinski definition) is 2. The number of nitrogens with zero attached hydrogens (tertiary/aromatic N) is 1. The number of anilines is 1. The summed E-state index contributed by atoms with van der Waals surface area (Å²) in [6.07, 6.45) is 1.49. The third kappa shape index (κ3) is 3.75. The van der Waals surface area contributed by atoms with Crippen LogP contribution in [0.25, 0.3) is 0 Å². The highest BCUT2D eigenvalue weighted by Gasteiger charge is 2.31. The molecule has 1 saturated heterocycles. The highest BCUT2D eigenvalue weighted by Crippen LogP contribution is 2.27. The van der Waals surface area contributed by atoms with E-state index in [9.17, 15) is 13.2 Å². The molecule has 6 nitrogen and oxygen atoms in total. The average molecular weight is 376 g/mol. The molecule has 21 heavy (non-hydrogen) atoms. The van der Waals surface area contributed by atoms with E-state index >= 15 is 0 Å². The van der Waals surface area contributed by atoms with Gasteiger partial charge in [-0.1, -0.05) is 15.9 Å². The largest absolute Gasteiger partial charge is 0.398 e. The molecule has 1 unspecified atom stereocenters. The van der Waals surface area contributed by atoms with Gasteiger partial charge in [0, 0.05) is 30.5 Å². The van der Waals surface area contributed by atoms with Crippen LogP contribution in [-0.2, 0) is 14.8 Å². The fraction of sp³-hybridized carbons (Fsp3) is 0.462. The van der Waals surface area contributed by atoms with E-state index < -0.39 is 10.0 Å². The molecule has 1 aromatic carbocycles. The molecule has 0 saturated carbocycles. The fourth-order valence-electron chi connectivity index (χ4n) is 2.46. The van der Waals surface area contributed by atoms with E-state index in [0.717, 1.165) is 10.9 Å². The van der Waals surface area contributed by atoms with Gasteiger partial charge in [0.25, 0.3) is 0 Å². The Labute approximate surface area is 132 Å². The van der Waals surface area contributed by atoms with Crippen molar-refractivity contribution in [2.75, 3.05) is 18.8 Å². The number of sulfonamides is 1. The number of hydrogen-bond acceptors (Lipinski definition) is 4. The third-order valence-electron chi connectivity index (χ3n) is 3.38. The van der Waals surface area contributed by atoms with Gasteiger partial charge < -0.3 is 11.1 Å². The van der Waals surface area contributed by atoms with Crippen molar-refractivity contribution >= 4 is 37.5 Å². The number of benzene rings is 1. The standard InChI is InChI=1S/C13H18BrN3O3S/c1-9(18)16-11-3-2-6-17(8-11)21(19,20)13-5-4-10(14)7-12(13)15/h4-5,7,11H,2-3,6,8,15H2,1H3,(H,16,18). The number of carbonyl (C=O) groups excluding carboxylic acids is 1. The number of nitrogen functional groups attached to an aromatic ring is 1. The SMILES string of the molecule is CC(=O)NC1CCCN(S(=O)(=O)c2ccc(Br)cc2N)C1. The molecule has 1 heterocycles. The van der Waals surface area contributed by atoms with Gasteiger partial charge in [-0.3, -0.25) is 4.79 Å². The minimum absolute atomic E-state index is 0.106. The van der Waals surface area contributed by atoms with Crippen LogP contribution >= 0.6 is 15.9 Å². The van der Waals surface area contributed by atoms with Crippen LogP contribution in [0.5, 0.6) is 0 Å². The minimum Gasteiger partial charge on any atom is -0.398 e. The van der Waals surface area contributed by atoms with E-state index in [1.54, 1.807) is 12.1 Å². The Hall–Kier alpha value is -1.12. The molecule has 1 aliphatic heterocycles. The second kappa shape index (κ2) is 6.33. The summed E-state index contributed by atoms with van der Waals surface area (Å²) < 4.78 is 27.5. The highest BCUT2D eigenvalue weighted by molar-refractivity contribution is 9.10. The molecule has 0 spiro atoms. The van der Waals surface area contributed by atoms with E-state index in [-0.39, 0.29) is 29.1 Å². The molecule has 1 amide bonds. The van der Waals surface area contributed by atoms with Crippen molar-refractivity contribution < 1.29 is 13.2 Å². The molecule has 1 fully saturated rings. The zero-order valence-corrected chi connectivity index (χ0v) is 14.1. The molecule has 2 rings (SSSR count). The van der Waals surface area contributed by atoms with Gasteiger partial charge in [0.1, 0.15) is 4.90 Å². The monoisotopic (exact) mass is 375 g/mol. The third-order valence-corrected chi connectivity index (χ3v) is 5.81. The second-order valence-corrected chi connectivity index (χ2v) is 7.91. The van der Waals surface area contributed by atoms with Crippen LogP contribution in [0.15, 0.2) is 27.6 Å². The number of halogens is 1. The Morgan fingerprint density at radius 3 is 2.81 bits per heavy atom. The van der Waals surface area contributed by atoms with E-state index in [1.165, 1.54) is 17.3 Å². The Kier molecular flexibility index (Phi) is 4.90. The summed E-state index contributed by atoms with van der Waals surface area (Å²) in [6.45, 7) is 2.14. The smallest absolute Gasteiger partial charge is 0.245 e. The molecule has 0 bridgehead atoms. The molecule has 1 aromatic rings. The van der Waals surface area contributed by atoms with Gasteiger partial charge in [-0.2, -0.15) is 4.31 Å². The first-order valence-corrected chi connectivity index (χ1v) is 8.86. The lowest BCUT2D eigenvalue weighted by molar-refractivity contribution is -0.119. The van der Waals surface area contributed by atoms with Crippen molar-refractivity contribution in [3.63, 3.8) is 0 Å². The van der Waals surface area contributed by atoms with Crippen LogP contribution < -0.4 is 11.1 Å². The predicted molar refractivity (Wildman–Crippen MR) is 84.2 cm³/mol. The predicted octanol–water partition coefficient (Wildman–Crippen LogP) is 1.32. The van der Waals surface area contributed by atoms with Crippen LogP contribution in [0.3, 0.4) is 0 Å². The van der Waals surface area contributed by atoms with Gasteiger partial charge in [-0.25, -0.2) is 8.42 Å². The molecule has 0 radical (unpaired) electrons. The molecule has 1 atom stereocenters. The van der Waals surface area contributed by atoms with Crippen molar-refractivity contribution in [2.24, 2.45) is 0 Å². The molecule has 116 valence electrons. The van der Waals surface area contributed by atoms with Gasteiger partial charge in [0.05, 0.1) is 5.69 Å². The number of amides is 1. The van der Waals surface area contributed by atoms with Crippen molar-refractivity contribution in [2.45, 2.75) is 30.7 Å². The quantitative estimate of drug-likeness (QED) is 0.779. The van der Waals surface area contributed by atoms with Gasteiger partial charge in [0.2, 0.25) is 15.9 Å². The summed E-state index contributed by atoms with van der Waals surface area (Å²) in [7, 11) is -3.64. The summed E-state index contributed by atoms with van der Waals surface area (Å²) in [6, 6.07) is 4.57. The summed E-state index contributed by atoms with van der Waals surface area (Å²) in [4.78, 5) is 11.2. The van der Waals surface area contributed by atoms with Crippen LogP contribution in [0.1, 0.15) is 19.8 Å². The highest BCUT2D eigenvalue weighted by atomic mass is 79.9. The number of piperidine rings is 1. The number of rotatable bonds is 3. The zero-order valence-electron chi connectivity index (χ0n) is 11.7. The van der Waals surface area contributed by atoms with Crippen LogP contribution in [0, 0.1) is 0 Å². The normalized spacial score (nSPS) is 20.2. The second-order valence-electron chi connectivity index (χ2n) is 5.08. The molecule has 0 aromatic heterocycles. The zero-order chi connectivity index (χ0) is 15.6. The Morgan fingerprint density at radius 1 is 1.48 bits per heavy atom. The van der Waals surface area contributed by atoms with Crippen molar-refractivity contribution in [1.82, 2.24) is 9.62 Å². The number of nitrogens with two attached hydrogens (primary N) is 1. The van der Waals surface area contributed by atoms with E-state index in [2.05, 4.69) is 21.2 Å². The summed E-state index contributed by atoms with van der Waals surface area (Å²) >= 11 is 3.26. The van der Waals surface area contributed by atoms with E-state index in [4.69, 9.17) is 5.73 Å². The van der Waals surface area contributed by atoms with Crippen molar-refractivity contribution in [1.29, 1.82) is 0 Å². The molecular formula is C13H18BrN3O3S. The molecule has 1 aliphatic rings. The summed E-state index contributed by atoms with van der Waals surface area (Å²) in [5, 5.41) is 2.78. The molecule has 8 heteroatoms. The first-order valence-electron chi connectivity index (χ1n) is 6.63. The van der Waals surface area contributed by atoms with Crippen LogP contribution in [0.4, 0.5) is 5.69 Å². The van der Waals surface area contributed by atoms with E-state index in [1.807, 2.05) is 0 Å². The van der Waals surface area contributed by atoms with Gasteiger partial charge >= 0.3 is 0 Å². The maximum Gasteiger partial charge on any atom is 0.245 e. The molecule has 3 N–H and O–H groups in total. The lowest BCUT2D eigenvalue weighted by Crippen LogP contribution is -2.49. The van der Waals surface area contributed by atoms with Gasteiger partial charge in [-0.15, -0.1) is 0 Å². The topological polar surface area (TPSA) is 92.5 Å². The van der Waals surface area contributed by atoms with E-state index in [0.29, 0.717) is 13.0 Å². The van der Waals surface area contributed by atoms with Crippen molar-refractivity contribution in [3.05, 3.63) is 22.7 Å². The van der Waals surface area contributed by atoms with Crippen molar-refractivity contribution in [3.8, 4) is 0 Å². The average Bonchev–Trinajstić information content (AvgIpc) is 2.37. The fourth-order valence-corrected chi connectivity index (χ4v) is 4.46. The Morgan fingerprint density at radius 2 is 2.19 bits per heavy atom.